The highest BCUT2D eigenvalue weighted by molar-refractivity contribution is 5.82. The van der Waals surface area contributed by atoms with E-state index in [9.17, 15) is 4.79 Å². The molecule has 1 unspecified atom stereocenters. The standard InChI is InChI=1S/C15H14N2O/c1-9-7-13-11-5-3-4-6-12(11)15(17-10(2)18)14(13)8-16-9/h3-8,15H,1-2H3,(H,17,18). The van der Waals surface area contributed by atoms with Crippen LogP contribution in [0.2, 0.25) is 0 Å². The van der Waals surface area contributed by atoms with Crippen LogP contribution in [0.15, 0.2) is 36.5 Å². The number of pyridine rings is 1. The van der Waals surface area contributed by atoms with Gasteiger partial charge in [0.1, 0.15) is 0 Å². The van der Waals surface area contributed by atoms with Gasteiger partial charge in [-0.25, -0.2) is 0 Å². The summed E-state index contributed by atoms with van der Waals surface area (Å²) in [6, 6.07) is 10.2. The van der Waals surface area contributed by atoms with Crippen molar-refractivity contribution in [3.05, 3.63) is 53.3 Å². The topological polar surface area (TPSA) is 42.0 Å². The molecule has 1 aromatic carbocycles. The molecular formula is C15H14N2O. The van der Waals surface area contributed by atoms with Crippen LogP contribution in [-0.4, -0.2) is 10.9 Å². The van der Waals surface area contributed by atoms with E-state index >= 15 is 0 Å². The second-order valence-electron chi connectivity index (χ2n) is 4.63. The molecule has 1 aromatic heterocycles. The van der Waals surface area contributed by atoms with Gasteiger partial charge in [-0.15, -0.1) is 0 Å². The maximum absolute atomic E-state index is 11.4. The Balaban J connectivity index is 2.21. The van der Waals surface area contributed by atoms with Crippen molar-refractivity contribution < 1.29 is 4.79 Å². The summed E-state index contributed by atoms with van der Waals surface area (Å²) in [5.41, 5.74) is 5.59. The van der Waals surface area contributed by atoms with Crippen LogP contribution in [0.5, 0.6) is 0 Å². The molecule has 3 nitrogen and oxygen atoms in total. The van der Waals surface area contributed by atoms with Gasteiger partial charge in [0.2, 0.25) is 5.91 Å². The Bertz CT molecular complexity index is 634. The summed E-state index contributed by atoms with van der Waals surface area (Å²) in [6.07, 6.45) is 1.87. The number of nitrogens with one attached hydrogen (secondary N) is 1. The quantitative estimate of drug-likeness (QED) is 0.829. The van der Waals surface area contributed by atoms with E-state index in [4.69, 9.17) is 0 Å². The van der Waals surface area contributed by atoms with Crippen molar-refractivity contribution in [3.8, 4) is 11.1 Å². The van der Waals surface area contributed by atoms with E-state index in [1.165, 1.54) is 11.1 Å². The van der Waals surface area contributed by atoms with E-state index in [0.29, 0.717) is 0 Å². The number of fused-ring (bicyclic) bond motifs is 3. The normalized spacial score (nSPS) is 16.0. The van der Waals surface area contributed by atoms with Crippen LogP contribution >= 0.6 is 0 Å². The molecule has 18 heavy (non-hydrogen) atoms. The predicted octanol–water partition coefficient (Wildman–Crippen LogP) is 2.60. The van der Waals surface area contributed by atoms with Crippen LogP contribution in [0.3, 0.4) is 0 Å². The van der Waals surface area contributed by atoms with E-state index in [-0.39, 0.29) is 11.9 Å². The van der Waals surface area contributed by atoms with E-state index in [0.717, 1.165) is 16.8 Å². The third-order valence-electron chi connectivity index (χ3n) is 3.29. The average Bonchev–Trinajstić information content (AvgIpc) is 2.64. The van der Waals surface area contributed by atoms with E-state index < -0.39 is 0 Å². The molecule has 3 heteroatoms. The summed E-state index contributed by atoms with van der Waals surface area (Å²) in [5, 5.41) is 2.99. The number of nitrogens with zero attached hydrogens (tertiary/aromatic N) is 1. The zero-order valence-corrected chi connectivity index (χ0v) is 10.4. The molecule has 0 fully saturated rings. The Morgan fingerprint density at radius 2 is 2.00 bits per heavy atom. The van der Waals surface area contributed by atoms with Crippen LogP contribution in [0.4, 0.5) is 0 Å². The van der Waals surface area contributed by atoms with Crippen molar-refractivity contribution in [2.24, 2.45) is 0 Å². The molecule has 1 aliphatic rings. The molecule has 3 rings (SSSR count). The number of hydrogen-bond donors (Lipinski definition) is 1. The lowest BCUT2D eigenvalue weighted by Gasteiger charge is -2.13. The number of aromatic nitrogens is 1. The molecule has 0 bridgehead atoms. The van der Waals surface area contributed by atoms with Crippen molar-refractivity contribution >= 4 is 5.91 Å². The van der Waals surface area contributed by atoms with E-state index in [1.54, 1.807) is 6.92 Å². The molecule has 0 spiro atoms. The Morgan fingerprint density at radius 1 is 1.22 bits per heavy atom. The minimum atomic E-state index is -0.0678. The van der Waals surface area contributed by atoms with Crippen LogP contribution < -0.4 is 5.32 Å². The molecule has 1 atom stereocenters. The summed E-state index contributed by atoms with van der Waals surface area (Å²) >= 11 is 0. The van der Waals surface area contributed by atoms with Gasteiger partial charge in [0.15, 0.2) is 0 Å². The largest absolute Gasteiger partial charge is 0.345 e. The van der Waals surface area contributed by atoms with Gasteiger partial charge in [-0.1, -0.05) is 24.3 Å². The summed E-state index contributed by atoms with van der Waals surface area (Å²) in [6.45, 7) is 3.52. The van der Waals surface area contributed by atoms with Gasteiger partial charge in [0, 0.05) is 24.4 Å². The number of aryl methyl sites for hydroxylation is 1. The molecule has 0 radical (unpaired) electrons. The third-order valence-corrected chi connectivity index (χ3v) is 3.29. The van der Waals surface area contributed by atoms with E-state index in [2.05, 4.69) is 28.5 Å². The molecule has 1 N–H and O–H groups in total. The first-order valence-electron chi connectivity index (χ1n) is 6.00. The van der Waals surface area contributed by atoms with Gasteiger partial charge in [0.25, 0.3) is 0 Å². The number of carbonyl (C=O) groups excluding carboxylic acids is 1. The Kier molecular flexibility index (Phi) is 2.40. The lowest BCUT2D eigenvalue weighted by atomic mass is 10.1. The SMILES string of the molecule is CC(=O)NC1c2ccccc2-c2cc(C)ncc21. The van der Waals surface area contributed by atoms with Crippen LogP contribution in [0.25, 0.3) is 11.1 Å². The molecule has 0 aliphatic heterocycles. The fourth-order valence-corrected chi connectivity index (χ4v) is 2.55. The van der Waals surface area contributed by atoms with Crippen molar-refractivity contribution in [1.82, 2.24) is 10.3 Å². The van der Waals surface area contributed by atoms with Crippen LogP contribution in [0, 0.1) is 6.92 Å². The first kappa shape index (κ1) is 11.0. The number of carbonyl (C=O) groups is 1. The molecule has 1 heterocycles. The Hall–Kier alpha value is -2.16. The van der Waals surface area contributed by atoms with Gasteiger partial charge >= 0.3 is 0 Å². The zero-order valence-electron chi connectivity index (χ0n) is 10.4. The maximum Gasteiger partial charge on any atom is 0.217 e. The fraction of sp³-hybridized carbons (Fsp3) is 0.200. The Morgan fingerprint density at radius 3 is 2.78 bits per heavy atom. The molecule has 0 saturated heterocycles. The number of amides is 1. The lowest BCUT2D eigenvalue weighted by molar-refractivity contribution is -0.119. The average molecular weight is 238 g/mol. The highest BCUT2D eigenvalue weighted by Gasteiger charge is 2.29. The molecular weight excluding hydrogens is 224 g/mol. The first-order valence-corrected chi connectivity index (χ1v) is 6.00. The fourth-order valence-electron chi connectivity index (χ4n) is 2.55. The van der Waals surface area contributed by atoms with Gasteiger partial charge in [-0.05, 0) is 29.7 Å². The Labute approximate surface area is 106 Å². The van der Waals surface area contributed by atoms with Crippen molar-refractivity contribution in [2.75, 3.05) is 0 Å². The second kappa shape index (κ2) is 3.95. The van der Waals surface area contributed by atoms with Gasteiger partial charge in [-0.3, -0.25) is 9.78 Å². The molecule has 1 amide bonds. The molecule has 0 saturated carbocycles. The van der Waals surface area contributed by atoms with Gasteiger partial charge < -0.3 is 5.32 Å². The molecule has 90 valence electrons. The monoisotopic (exact) mass is 238 g/mol. The van der Waals surface area contributed by atoms with Gasteiger partial charge in [-0.2, -0.15) is 0 Å². The summed E-state index contributed by atoms with van der Waals surface area (Å²) < 4.78 is 0. The highest BCUT2D eigenvalue weighted by atomic mass is 16.1. The van der Waals surface area contributed by atoms with Crippen LogP contribution in [-0.2, 0) is 4.79 Å². The summed E-state index contributed by atoms with van der Waals surface area (Å²) in [5.74, 6) is -0.0248. The highest BCUT2D eigenvalue weighted by Crippen LogP contribution is 2.42. The maximum atomic E-state index is 11.4. The van der Waals surface area contributed by atoms with Crippen molar-refractivity contribution in [2.45, 2.75) is 19.9 Å². The zero-order chi connectivity index (χ0) is 12.7. The number of hydrogen-bond acceptors (Lipinski definition) is 2. The van der Waals surface area contributed by atoms with E-state index in [1.807, 2.05) is 25.3 Å². The van der Waals surface area contributed by atoms with Crippen molar-refractivity contribution in [1.29, 1.82) is 0 Å². The van der Waals surface area contributed by atoms with Crippen molar-refractivity contribution in [3.63, 3.8) is 0 Å². The van der Waals surface area contributed by atoms with Crippen LogP contribution in [0.1, 0.15) is 29.8 Å². The predicted molar refractivity (Wildman–Crippen MR) is 70.1 cm³/mol. The third kappa shape index (κ3) is 1.59. The number of rotatable bonds is 1. The van der Waals surface area contributed by atoms with Gasteiger partial charge in [0.05, 0.1) is 6.04 Å². The molecule has 2 aromatic rings. The first-order chi connectivity index (χ1) is 8.66. The smallest absolute Gasteiger partial charge is 0.217 e. The lowest BCUT2D eigenvalue weighted by Crippen LogP contribution is -2.25. The number of benzene rings is 1. The second-order valence-corrected chi connectivity index (χ2v) is 4.63. The molecule has 1 aliphatic carbocycles. The minimum absolute atomic E-state index is 0.0248. The minimum Gasteiger partial charge on any atom is -0.345 e. The summed E-state index contributed by atoms with van der Waals surface area (Å²) in [4.78, 5) is 15.7. The summed E-state index contributed by atoms with van der Waals surface area (Å²) in [7, 11) is 0.